The first-order valence-electron chi connectivity index (χ1n) is 8.43. The van der Waals surface area contributed by atoms with E-state index in [4.69, 9.17) is 4.74 Å². The fraction of sp³-hybridized carbons (Fsp3) is 1.00. The predicted molar refractivity (Wildman–Crippen MR) is 78.4 cm³/mol. The van der Waals surface area contributed by atoms with Crippen LogP contribution in [0.2, 0.25) is 0 Å². The minimum Gasteiger partial charge on any atom is -0.374 e. The van der Waals surface area contributed by atoms with Crippen molar-refractivity contribution in [2.45, 2.75) is 70.1 Å². The van der Waals surface area contributed by atoms with Crippen LogP contribution in [0.3, 0.4) is 0 Å². The maximum Gasteiger partial charge on any atom is 0.0706 e. The third kappa shape index (κ3) is 3.50. The lowest BCUT2D eigenvalue weighted by Gasteiger charge is -2.43. The zero-order valence-corrected chi connectivity index (χ0v) is 12.4. The van der Waals surface area contributed by atoms with Crippen LogP contribution in [0.25, 0.3) is 0 Å². The van der Waals surface area contributed by atoms with Gasteiger partial charge in [0.05, 0.1) is 12.2 Å². The van der Waals surface area contributed by atoms with Gasteiger partial charge in [0.25, 0.3) is 0 Å². The molecule has 2 heterocycles. The Balaban J connectivity index is 1.57. The summed E-state index contributed by atoms with van der Waals surface area (Å²) in [4.78, 5) is 2.75. The second kappa shape index (κ2) is 6.55. The van der Waals surface area contributed by atoms with Gasteiger partial charge in [0, 0.05) is 32.2 Å². The van der Waals surface area contributed by atoms with Crippen molar-refractivity contribution in [2.75, 3.05) is 26.2 Å². The maximum atomic E-state index is 6.04. The highest BCUT2D eigenvalue weighted by Gasteiger charge is 2.33. The third-order valence-electron chi connectivity index (χ3n) is 5.35. The van der Waals surface area contributed by atoms with Crippen molar-refractivity contribution in [1.29, 1.82) is 0 Å². The predicted octanol–water partition coefficient (Wildman–Crippen LogP) is 2.41. The van der Waals surface area contributed by atoms with Crippen molar-refractivity contribution in [2.24, 2.45) is 5.92 Å². The van der Waals surface area contributed by atoms with Crippen molar-refractivity contribution in [3.63, 3.8) is 0 Å². The summed E-state index contributed by atoms with van der Waals surface area (Å²) in [5, 5.41) is 3.61. The number of hydrogen-bond donors (Lipinski definition) is 1. The Morgan fingerprint density at radius 3 is 2.68 bits per heavy atom. The summed E-state index contributed by atoms with van der Waals surface area (Å²) >= 11 is 0. The standard InChI is InChI=1S/C16H30N2O/c1-13-7-8-15(19-13)12-18-10-9-17-11-16(18)14-5-3-2-4-6-14/h13-17H,2-12H2,1H3. The first-order valence-corrected chi connectivity index (χ1v) is 8.43. The van der Waals surface area contributed by atoms with E-state index in [1.165, 1.54) is 64.6 Å². The molecule has 0 amide bonds. The highest BCUT2D eigenvalue weighted by molar-refractivity contribution is 4.89. The van der Waals surface area contributed by atoms with Crippen LogP contribution >= 0.6 is 0 Å². The Hall–Kier alpha value is -0.120. The smallest absolute Gasteiger partial charge is 0.0706 e. The van der Waals surface area contributed by atoms with Crippen molar-refractivity contribution in [3.8, 4) is 0 Å². The van der Waals surface area contributed by atoms with Crippen LogP contribution in [-0.4, -0.2) is 49.3 Å². The largest absolute Gasteiger partial charge is 0.374 e. The molecule has 0 aromatic carbocycles. The molecule has 110 valence electrons. The third-order valence-corrected chi connectivity index (χ3v) is 5.35. The quantitative estimate of drug-likeness (QED) is 0.849. The Morgan fingerprint density at radius 1 is 1.11 bits per heavy atom. The summed E-state index contributed by atoms with van der Waals surface area (Å²) in [5.74, 6) is 0.931. The summed E-state index contributed by atoms with van der Waals surface area (Å²) in [6.07, 6.45) is 10.8. The first kappa shape index (κ1) is 13.8. The van der Waals surface area contributed by atoms with Gasteiger partial charge >= 0.3 is 0 Å². The molecule has 3 rings (SSSR count). The minimum absolute atomic E-state index is 0.487. The highest BCUT2D eigenvalue weighted by Crippen LogP contribution is 2.30. The molecule has 3 atom stereocenters. The first-order chi connectivity index (χ1) is 9.33. The van der Waals surface area contributed by atoms with E-state index < -0.39 is 0 Å². The van der Waals surface area contributed by atoms with Crippen molar-refractivity contribution >= 4 is 0 Å². The van der Waals surface area contributed by atoms with Crippen molar-refractivity contribution < 1.29 is 4.74 Å². The molecule has 3 fully saturated rings. The summed E-state index contributed by atoms with van der Waals surface area (Å²) in [5.41, 5.74) is 0. The fourth-order valence-electron chi connectivity index (χ4n) is 4.26. The monoisotopic (exact) mass is 266 g/mol. The van der Waals surface area contributed by atoms with E-state index in [0.717, 1.165) is 18.5 Å². The molecule has 0 radical (unpaired) electrons. The molecule has 1 aliphatic carbocycles. The van der Waals surface area contributed by atoms with E-state index in [1.54, 1.807) is 0 Å². The number of nitrogens with zero attached hydrogens (tertiary/aromatic N) is 1. The molecule has 1 saturated carbocycles. The average molecular weight is 266 g/mol. The van der Waals surface area contributed by atoms with Crippen molar-refractivity contribution in [1.82, 2.24) is 10.2 Å². The van der Waals surface area contributed by atoms with Gasteiger partial charge in [-0.15, -0.1) is 0 Å². The minimum atomic E-state index is 0.487. The SMILES string of the molecule is CC1CCC(CN2CCNCC2C2CCCCC2)O1. The van der Waals surface area contributed by atoms with Crippen LogP contribution in [-0.2, 0) is 4.74 Å². The average Bonchev–Trinajstić information content (AvgIpc) is 2.86. The zero-order valence-electron chi connectivity index (χ0n) is 12.4. The number of ether oxygens (including phenoxy) is 1. The lowest BCUT2D eigenvalue weighted by atomic mass is 9.82. The Labute approximate surface area is 118 Å². The van der Waals surface area contributed by atoms with Crippen LogP contribution in [0.1, 0.15) is 51.9 Å². The Morgan fingerprint density at radius 2 is 1.95 bits per heavy atom. The lowest BCUT2D eigenvalue weighted by Crippen LogP contribution is -2.56. The molecule has 19 heavy (non-hydrogen) atoms. The number of rotatable bonds is 3. The molecule has 1 N–H and O–H groups in total. The molecule has 3 unspecified atom stereocenters. The van der Waals surface area contributed by atoms with Gasteiger partial charge < -0.3 is 10.1 Å². The van der Waals surface area contributed by atoms with E-state index in [2.05, 4.69) is 17.1 Å². The molecule has 3 heteroatoms. The van der Waals surface area contributed by atoms with Crippen LogP contribution in [0, 0.1) is 5.92 Å². The van der Waals surface area contributed by atoms with E-state index >= 15 is 0 Å². The summed E-state index contributed by atoms with van der Waals surface area (Å²) in [7, 11) is 0. The number of nitrogens with one attached hydrogen (secondary N) is 1. The van der Waals surface area contributed by atoms with Gasteiger partial charge in [0.2, 0.25) is 0 Å². The van der Waals surface area contributed by atoms with Gasteiger partial charge in [0.1, 0.15) is 0 Å². The van der Waals surface area contributed by atoms with E-state index in [9.17, 15) is 0 Å². The second-order valence-electron chi connectivity index (χ2n) is 6.81. The summed E-state index contributed by atoms with van der Waals surface area (Å²) in [6.45, 7) is 6.97. The van der Waals surface area contributed by atoms with E-state index in [0.29, 0.717) is 12.2 Å². The van der Waals surface area contributed by atoms with Gasteiger partial charge in [0.15, 0.2) is 0 Å². The van der Waals surface area contributed by atoms with Crippen LogP contribution in [0.5, 0.6) is 0 Å². The van der Waals surface area contributed by atoms with Gasteiger partial charge in [-0.1, -0.05) is 19.3 Å². The van der Waals surface area contributed by atoms with E-state index in [1.807, 2.05) is 0 Å². The molecular formula is C16H30N2O. The molecule has 0 aromatic heterocycles. The highest BCUT2D eigenvalue weighted by atomic mass is 16.5. The van der Waals surface area contributed by atoms with Gasteiger partial charge in [-0.2, -0.15) is 0 Å². The fourth-order valence-corrected chi connectivity index (χ4v) is 4.26. The molecule has 3 aliphatic rings. The maximum absolute atomic E-state index is 6.04. The lowest BCUT2D eigenvalue weighted by molar-refractivity contribution is 0.00306. The second-order valence-corrected chi connectivity index (χ2v) is 6.81. The Bertz CT molecular complexity index is 278. The zero-order chi connectivity index (χ0) is 13.1. The molecule has 2 saturated heterocycles. The molecule has 0 spiro atoms. The molecule has 3 nitrogen and oxygen atoms in total. The van der Waals surface area contributed by atoms with Crippen LogP contribution < -0.4 is 5.32 Å². The molecule has 2 aliphatic heterocycles. The number of hydrogen-bond acceptors (Lipinski definition) is 3. The summed E-state index contributed by atoms with van der Waals surface area (Å²) < 4.78 is 6.04. The summed E-state index contributed by atoms with van der Waals surface area (Å²) in [6, 6.07) is 0.772. The number of piperazine rings is 1. The van der Waals surface area contributed by atoms with Crippen molar-refractivity contribution in [3.05, 3.63) is 0 Å². The van der Waals surface area contributed by atoms with Crippen LogP contribution in [0.15, 0.2) is 0 Å². The van der Waals surface area contributed by atoms with Gasteiger partial charge in [-0.05, 0) is 38.5 Å². The molecule has 0 aromatic rings. The molecular weight excluding hydrogens is 236 g/mol. The topological polar surface area (TPSA) is 24.5 Å². The Kier molecular flexibility index (Phi) is 4.78. The normalized spacial score (nSPS) is 38.7. The van der Waals surface area contributed by atoms with Crippen LogP contribution in [0.4, 0.5) is 0 Å². The molecule has 0 bridgehead atoms. The van der Waals surface area contributed by atoms with E-state index in [-0.39, 0.29) is 0 Å². The van der Waals surface area contributed by atoms with Gasteiger partial charge in [-0.25, -0.2) is 0 Å². The van der Waals surface area contributed by atoms with Gasteiger partial charge in [-0.3, -0.25) is 4.90 Å².